The van der Waals surface area contributed by atoms with Gasteiger partial charge in [-0.05, 0) is 35.0 Å². The van der Waals surface area contributed by atoms with Crippen LogP contribution in [0.5, 0.6) is 0 Å². The van der Waals surface area contributed by atoms with Crippen molar-refractivity contribution in [3.05, 3.63) is 26.5 Å². The van der Waals surface area contributed by atoms with Gasteiger partial charge in [0.1, 0.15) is 5.01 Å². The Morgan fingerprint density at radius 3 is 2.75 bits per heavy atom. The number of aryl methyl sites for hydroxylation is 1. The van der Waals surface area contributed by atoms with Crippen molar-refractivity contribution >= 4 is 44.6 Å². The molecule has 0 aromatic carbocycles. The minimum absolute atomic E-state index is 0.379. The number of aromatic nitrogens is 1. The van der Waals surface area contributed by atoms with Crippen LogP contribution in [0.1, 0.15) is 15.4 Å². The van der Waals surface area contributed by atoms with Crippen molar-refractivity contribution < 1.29 is 9.53 Å². The molecule has 84 valence electrons. The maximum atomic E-state index is 11.4. The van der Waals surface area contributed by atoms with E-state index in [1.165, 1.54) is 18.4 Å². The fourth-order valence-corrected chi connectivity index (χ4v) is 3.56. The molecular weight excluding hydrogens is 310 g/mol. The summed E-state index contributed by atoms with van der Waals surface area (Å²) in [6.45, 7) is 1.87. The van der Waals surface area contributed by atoms with Gasteiger partial charge in [0.05, 0.1) is 15.8 Å². The molecule has 2 aromatic heterocycles. The van der Waals surface area contributed by atoms with Gasteiger partial charge in [0.25, 0.3) is 0 Å². The molecule has 0 amide bonds. The molecule has 0 spiro atoms. The Morgan fingerprint density at radius 1 is 1.44 bits per heavy atom. The minimum atomic E-state index is -0.379. The first-order chi connectivity index (χ1) is 7.61. The lowest BCUT2D eigenvalue weighted by Crippen LogP contribution is -2.02. The molecule has 2 rings (SSSR count). The van der Waals surface area contributed by atoms with Gasteiger partial charge in [-0.3, -0.25) is 0 Å². The lowest BCUT2D eigenvalue weighted by atomic mass is 10.4. The molecule has 2 heterocycles. The Morgan fingerprint density at radius 2 is 2.19 bits per heavy atom. The lowest BCUT2D eigenvalue weighted by molar-refractivity contribution is 0.0594. The average Bonchev–Trinajstić information content (AvgIpc) is 2.83. The topological polar surface area (TPSA) is 39.2 Å². The number of carbonyl (C=O) groups is 1. The number of hydrogen-bond acceptors (Lipinski definition) is 5. The number of rotatable bonds is 2. The van der Waals surface area contributed by atoms with Gasteiger partial charge in [-0.1, -0.05) is 0 Å². The fraction of sp³-hybridized carbons (Fsp3) is 0.200. The second kappa shape index (κ2) is 4.65. The number of methoxy groups -OCH3 is 1. The number of ether oxygens (including phenoxy) is 1. The average molecular weight is 318 g/mol. The van der Waals surface area contributed by atoms with Crippen LogP contribution in [0.3, 0.4) is 0 Å². The maximum absolute atomic E-state index is 11.4. The first kappa shape index (κ1) is 11.8. The third-order valence-electron chi connectivity index (χ3n) is 1.96. The van der Waals surface area contributed by atoms with Gasteiger partial charge < -0.3 is 4.74 Å². The monoisotopic (exact) mass is 317 g/mol. The van der Waals surface area contributed by atoms with Crippen LogP contribution in [0.4, 0.5) is 0 Å². The molecule has 2 aromatic rings. The summed E-state index contributed by atoms with van der Waals surface area (Å²) in [4.78, 5) is 17.6. The van der Waals surface area contributed by atoms with Gasteiger partial charge >= 0.3 is 5.97 Å². The summed E-state index contributed by atoms with van der Waals surface area (Å²) in [6.07, 6.45) is 0. The van der Waals surface area contributed by atoms with Crippen molar-refractivity contribution in [2.24, 2.45) is 0 Å². The zero-order valence-electron chi connectivity index (χ0n) is 8.61. The number of thiazole rings is 1. The molecule has 0 bridgehead atoms. The number of thiophene rings is 1. The van der Waals surface area contributed by atoms with Crippen molar-refractivity contribution in [3.8, 4) is 9.88 Å². The normalized spacial score (nSPS) is 10.4. The smallest absolute Gasteiger partial charge is 0.357 e. The van der Waals surface area contributed by atoms with Crippen LogP contribution in [0.25, 0.3) is 9.88 Å². The largest absolute Gasteiger partial charge is 0.464 e. The number of halogens is 1. The third kappa shape index (κ3) is 2.18. The molecule has 0 fully saturated rings. The van der Waals surface area contributed by atoms with E-state index < -0.39 is 0 Å². The molecule has 0 aliphatic heterocycles. The fourth-order valence-electron chi connectivity index (χ4n) is 1.22. The van der Waals surface area contributed by atoms with E-state index in [0.29, 0.717) is 5.69 Å². The zero-order chi connectivity index (χ0) is 11.7. The van der Waals surface area contributed by atoms with E-state index in [1.807, 2.05) is 19.1 Å². The summed E-state index contributed by atoms with van der Waals surface area (Å²) in [5.74, 6) is -0.379. The predicted molar refractivity (Wildman–Crippen MR) is 69.2 cm³/mol. The SMILES string of the molecule is COC(=O)c1nc(-c2ccc(Br)s2)sc1C. The van der Waals surface area contributed by atoms with E-state index in [-0.39, 0.29) is 5.97 Å². The minimum Gasteiger partial charge on any atom is -0.464 e. The summed E-state index contributed by atoms with van der Waals surface area (Å²) in [5.41, 5.74) is 0.409. The number of hydrogen-bond donors (Lipinski definition) is 0. The van der Waals surface area contributed by atoms with Crippen molar-refractivity contribution in [1.82, 2.24) is 4.98 Å². The Bertz CT molecular complexity index is 533. The van der Waals surface area contributed by atoms with Gasteiger partial charge in [-0.2, -0.15) is 0 Å². The van der Waals surface area contributed by atoms with E-state index in [4.69, 9.17) is 0 Å². The molecule has 0 N–H and O–H groups in total. The van der Waals surface area contributed by atoms with E-state index >= 15 is 0 Å². The molecule has 3 nitrogen and oxygen atoms in total. The van der Waals surface area contributed by atoms with Gasteiger partial charge in [0, 0.05) is 4.88 Å². The number of nitrogens with zero attached hydrogens (tertiary/aromatic N) is 1. The second-order valence-corrected chi connectivity index (χ2v) is 6.69. The van der Waals surface area contributed by atoms with Gasteiger partial charge in [0.2, 0.25) is 0 Å². The summed E-state index contributed by atoms with van der Waals surface area (Å²) >= 11 is 6.50. The second-order valence-electron chi connectivity index (χ2n) is 3.02. The van der Waals surface area contributed by atoms with Crippen molar-refractivity contribution in [2.45, 2.75) is 6.92 Å². The van der Waals surface area contributed by atoms with Gasteiger partial charge in [-0.15, -0.1) is 22.7 Å². The lowest BCUT2D eigenvalue weighted by Gasteiger charge is -1.93. The van der Waals surface area contributed by atoms with E-state index in [1.54, 1.807) is 11.3 Å². The highest BCUT2D eigenvalue weighted by Crippen LogP contribution is 2.34. The van der Waals surface area contributed by atoms with Crippen LogP contribution in [0, 0.1) is 6.92 Å². The van der Waals surface area contributed by atoms with Crippen LogP contribution in [-0.4, -0.2) is 18.1 Å². The molecule has 0 aliphatic rings. The molecule has 6 heteroatoms. The Hall–Kier alpha value is -0.720. The highest BCUT2D eigenvalue weighted by Gasteiger charge is 2.17. The molecule has 16 heavy (non-hydrogen) atoms. The highest BCUT2D eigenvalue weighted by atomic mass is 79.9. The van der Waals surface area contributed by atoms with Crippen LogP contribution in [0.2, 0.25) is 0 Å². The molecule has 0 radical (unpaired) electrons. The maximum Gasteiger partial charge on any atom is 0.357 e. The van der Waals surface area contributed by atoms with Crippen molar-refractivity contribution in [1.29, 1.82) is 0 Å². The summed E-state index contributed by atoms with van der Waals surface area (Å²) < 4.78 is 5.72. The summed E-state index contributed by atoms with van der Waals surface area (Å²) in [7, 11) is 1.36. The molecule has 0 aliphatic carbocycles. The first-order valence-electron chi connectivity index (χ1n) is 4.43. The van der Waals surface area contributed by atoms with Crippen LogP contribution < -0.4 is 0 Å². The zero-order valence-corrected chi connectivity index (χ0v) is 11.8. The summed E-state index contributed by atoms with van der Waals surface area (Å²) in [6, 6.07) is 3.95. The third-order valence-corrected chi connectivity index (χ3v) is 4.72. The Kier molecular flexibility index (Phi) is 3.41. The van der Waals surface area contributed by atoms with Gasteiger partial charge in [0.15, 0.2) is 5.69 Å². The van der Waals surface area contributed by atoms with E-state index in [0.717, 1.165) is 18.5 Å². The van der Waals surface area contributed by atoms with E-state index in [2.05, 4.69) is 25.7 Å². The Labute approximate surface area is 109 Å². The predicted octanol–water partition coefficient (Wildman–Crippen LogP) is 3.73. The molecule has 0 saturated carbocycles. The molecule has 0 saturated heterocycles. The van der Waals surface area contributed by atoms with Crippen molar-refractivity contribution in [2.75, 3.05) is 7.11 Å². The quantitative estimate of drug-likeness (QED) is 0.792. The van der Waals surface area contributed by atoms with E-state index in [9.17, 15) is 4.79 Å². The van der Waals surface area contributed by atoms with Gasteiger partial charge in [-0.25, -0.2) is 9.78 Å². The highest BCUT2D eigenvalue weighted by molar-refractivity contribution is 9.11. The molecule has 0 unspecified atom stereocenters. The molecule has 0 atom stereocenters. The number of esters is 1. The number of carbonyl (C=O) groups excluding carboxylic acids is 1. The first-order valence-corrected chi connectivity index (χ1v) is 6.86. The van der Waals surface area contributed by atoms with Crippen LogP contribution in [-0.2, 0) is 4.74 Å². The standard InChI is InChI=1S/C10H8BrNO2S2/c1-5-8(10(13)14-2)12-9(15-5)6-3-4-7(11)16-6/h3-4H,1-2H3. The van der Waals surface area contributed by atoms with Crippen LogP contribution >= 0.6 is 38.6 Å². The van der Waals surface area contributed by atoms with Crippen molar-refractivity contribution in [3.63, 3.8) is 0 Å². The molecular formula is C10H8BrNO2S2. The van der Waals surface area contributed by atoms with Crippen LogP contribution in [0.15, 0.2) is 15.9 Å². The summed E-state index contributed by atoms with van der Waals surface area (Å²) in [5, 5.41) is 0.855. The Balaban J connectivity index is 2.41.